The second kappa shape index (κ2) is 3.65. The number of methoxy groups -OCH3 is 1. The highest BCUT2D eigenvalue weighted by Crippen LogP contribution is 2.12. The predicted molar refractivity (Wildman–Crippen MR) is 40.7 cm³/mol. The van der Waals surface area contributed by atoms with Crippen LogP contribution < -0.4 is 5.73 Å². The zero-order chi connectivity index (χ0) is 7.40. The number of aromatic nitrogens is 1. The van der Waals surface area contributed by atoms with Crippen LogP contribution in [0.25, 0.3) is 0 Å². The number of nitrogens with zero attached hydrogens (tertiary/aromatic N) is 1. The van der Waals surface area contributed by atoms with Crippen LogP contribution in [0.2, 0.25) is 0 Å². The van der Waals surface area contributed by atoms with Crippen molar-refractivity contribution >= 4 is 11.3 Å². The third kappa shape index (κ3) is 1.53. The Morgan fingerprint density at radius 2 is 2.60 bits per heavy atom. The molecule has 0 radical (unpaired) electrons. The molecule has 4 heteroatoms. The summed E-state index contributed by atoms with van der Waals surface area (Å²) in [6.07, 6.45) is 0. The van der Waals surface area contributed by atoms with E-state index < -0.39 is 0 Å². The van der Waals surface area contributed by atoms with Crippen molar-refractivity contribution in [2.24, 2.45) is 5.73 Å². The maximum atomic E-state index is 5.44. The average molecular weight is 158 g/mol. The van der Waals surface area contributed by atoms with Crippen LogP contribution in [-0.4, -0.2) is 12.1 Å². The molecule has 0 saturated carbocycles. The first-order valence-electron chi connectivity index (χ1n) is 2.98. The number of thiazole rings is 1. The van der Waals surface area contributed by atoms with Crippen molar-refractivity contribution in [2.45, 2.75) is 13.2 Å². The van der Waals surface area contributed by atoms with Gasteiger partial charge in [0.1, 0.15) is 0 Å². The van der Waals surface area contributed by atoms with Crippen molar-refractivity contribution in [3.05, 3.63) is 16.1 Å². The summed E-state index contributed by atoms with van der Waals surface area (Å²) in [7, 11) is 1.65. The minimum Gasteiger partial charge on any atom is -0.378 e. The summed E-state index contributed by atoms with van der Waals surface area (Å²) in [5, 5.41) is 0. The van der Waals surface area contributed by atoms with E-state index in [2.05, 4.69) is 4.98 Å². The van der Waals surface area contributed by atoms with Crippen molar-refractivity contribution in [3.8, 4) is 0 Å². The van der Waals surface area contributed by atoms with E-state index in [1.807, 2.05) is 0 Å². The SMILES string of the molecule is COCc1ncsc1CN. The van der Waals surface area contributed by atoms with E-state index >= 15 is 0 Å². The van der Waals surface area contributed by atoms with Crippen LogP contribution in [0.3, 0.4) is 0 Å². The molecule has 0 aliphatic rings. The Hall–Kier alpha value is -0.450. The van der Waals surface area contributed by atoms with Crippen molar-refractivity contribution in [1.82, 2.24) is 4.98 Å². The summed E-state index contributed by atoms with van der Waals surface area (Å²) >= 11 is 1.57. The van der Waals surface area contributed by atoms with Crippen LogP contribution in [0.15, 0.2) is 5.51 Å². The largest absolute Gasteiger partial charge is 0.378 e. The van der Waals surface area contributed by atoms with Crippen molar-refractivity contribution in [1.29, 1.82) is 0 Å². The highest BCUT2D eigenvalue weighted by Gasteiger charge is 2.01. The molecular formula is C6H10N2OS. The molecule has 0 aliphatic carbocycles. The van der Waals surface area contributed by atoms with E-state index in [1.165, 1.54) is 0 Å². The van der Waals surface area contributed by atoms with E-state index in [0.717, 1.165) is 10.6 Å². The molecule has 0 aromatic carbocycles. The van der Waals surface area contributed by atoms with Crippen LogP contribution in [0.5, 0.6) is 0 Å². The lowest BCUT2D eigenvalue weighted by atomic mass is 10.4. The average Bonchev–Trinajstić information content (AvgIpc) is 2.36. The smallest absolute Gasteiger partial charge is 0.0895 e. The van der Waals surface area contributed by atoms with E-state index in [4.69, 9.17) is 10.5 Å². The Kier molecular flexibility index (Phi) is 2.80. The minimum atomic E-state index is 0.559. The molecule has 0 unspecified atom stereocenters. The summed E-state index contributed by atoms with van der Waals surface area (Å²) in [5.41, 5.74) is 8.20. The highest BCUT2D eigenvalue weighted by molar-refractivity contribution is 7.09. The molecule has 0 spiro atoms. The van der Waals surface area contributed by atoms with Gasteiger partial charge in [-0.2, -0.15) is 0 Å². The quantitative estimate of drug-likeness (QED) is 0.706. The first-order valence-corrected chi connectivity index (χ1v) is 3.86. The van der Waals surface area contributed by atoms with Crippen molar-refractivity contribution < 1.29 is 4.74 Å². The van der Waals surface area contributed by atoms with Gasteiger partial charge in [0.15, 0.2) is 0 Å². The van der Waals surface area contributed by atoms with Crippen LogP contribution in [-0.2, 0) is 17.9 Å². The second-order valence-electron chi connectivity index (χ2n) is 1.86. The lowest BCUT2D eigenvalue weighted by Gasteiger charge is -1.95. The molecule has 2 N–H and O–H groups in total. The maximum absolute atomic E-state index is 5.44. The van der Waals surface area contributed by atoms with Gasteiger partial charge >= 0.3 is 0 Å². The molecular weight excluding hydrogens is 148 g/mol. The van der Waals surface area contributed by atoms with E-state index in [-0.39, 0.29) is 0 Å². The number of rotatable bonds is 3. The number of nitrogens with two attached hydrogens (primary N) is 1. The van der Waals surface area contributed by atoms with Gasteiger partial charge in [0, 0.05) is 18.5 Å². The highest BCUT2D eigenvalue weighted by atomic mass is 32.1. The Morgan fingerprint density at radius 3 is 3.20 bits per heavy atom. The van der Waals surface area contributed by atoms with Gasteiger partial charge in [-0.15, -0.1) is 11.3 Å². The van der Waals surface area contributed by atoms with Gasteiger partial charge < -0.3 is 10.5 Å². The number of ether oxygens (including phenoxy) is 1. The lowest BCUT2D eigenvalue weighted by molar-refractivity contribution is 0.181. The fourth-order valence-corrected chi connectivity index (χ4v) is 1.37. The molecule has 0 fully saturated rings. The first kappa shape index (κ1) is 7.65. The maximum Gasteiger partial charge on any atom is 0.0895 e. The molecule has 56 valence electrons. The molecule has 1 aromatic heterocycles. The summed E-state index contributed by atoms with van der Waals surface area (Å²) in [6, 6.07) is 0. The standard InChI is InChI=1S/C6H10N2OS/c1-9-3-5-6(2-7)10-4-8-5/h4H,2-3,7H2,1H3. The summed E-state index contributed by atoms with van der Waals surface area (Å²) < 4.78 is 4.92. The third-order valence-electron chi connectivity index (χ3n) is 1.19. The van der Waals surface area contributed by atoms with Crippen LogP contribution in [0.4, 0.5) is 0 Å². The second-order valence-corrected chi connectivity index (χ2v) is 2.80. The van der Waals surface area contributed by atoms with Gasteiger partial charge in [-0.1, -0.05) is 0 Å². The molecule has 1 aromatic rings. The monoisotopic (exact) mass is 158 g/mol. The number of hydrogen-bond donors (Lipinski definition) is 1. The molecule has 1 rings (SSSR count). The Balaban J connectivity index is 2.70. The zero-order valence-corrected chi connectivity index (χ0v) is 6.65. The topological polar surface area (TPSA) is 48.1 Å². The molecule has 0 saturated heterocycles. The summed E-state index contributed by atoms with van der Waals surface area (Å²) in [5.74, 6) is 0. The lowest BCUT2D eigenvalue weighted by Crippen LogP contribution is -1.99. The molecule has 0 atom stereocenters. The van der Waals surface area contributed by atoms with Crippen LogP contribution in [0, 0.1) is 0 Å². The molecule has 3 nitrogen and oxygen atoms in total. The minimum absolute atomic E-state index is 0.559. The summed E-state index contributed by atoms with van der Waals surface area (Å²) in [6.45, 7) is 1.12. The zero-order valence-electron chi connectivity index (χ0n) is 5.83. The summed E-state index contributed by atoms with van der Waals surface area (Å²) in [4.78, 5) is 5.20. The fraction of sp³-hybridized carbons (Fsp3) is 0.500. The van der Waals surface area contributed by atoms with Gasteiger partial charge in [-0.3, -0.25) is 0 Å². The molecule has 0 bridgehead atoms. The molecule has 0 amide bonds. The van der Waals surface area contributed by atoms with E-state index in [1.54, 1.807) is 24.0 Å². The predicted octanol–water partition coefficient (Wildman–Crippen LogP) is 0.748. The van der Waals surface area contributed by atoms with Gasteiger partial charge in [0.25, 0.3) is 0 Å². The van der Waals surface area contributed by atoms with E-state index in [0.29, 0.717) is 13.2 Å². The van der Waals surface area contributed by atoms with Crippen LogP contribution in [0.1, 0.15) is 10.6 Å². The van der Waals surface area contributed by atoms with Crippen LogP contribution >= 0.6 is 11.3 Å². The van der Waals surface area contributed by atoms with Gasteiger partial charge in [0.05, 0.1) is 17.8 Å². The number of hydrogen-bond acceptors (Lipinski definition) is 4. The van der Waals surface area contributed by atoms with Gasteiger partial charge in [-0.25, -0.2) is 4.98 Å². The Morgan fingerprint density at radius 1 is 1.80 bits per heavy atom. The van der Waals surface area contributed by atoms with Crippen molar-refractivity contribution in [2.75, 3.05) is 7.11 Å². The fourth-order valence-electron chi connectivity index (χ4n) is 0.714. The van der Waals surface area contributed by atoms with Crippen molar-refractivity contribution in [3.63, 3.8) is 0 Å². The van der Waals surface area contributed by atoms with E-state index in [9.17, 15) is 0 Å². The first-order chi connectivity index (χ1) is 4.88. The molecule has 10 heavy (non-hydrogen) atoms. The third-order valence-corrected chi connectivity index (χ3v) is 2.09. The Labute approximate surface area is 63.8 Å². The normalized spacial score (nSPS) is 10.2. The molecule has 1 heterocycles. The van der Waals surface area contributed by atoms with Gasteiger partial charge in [-0.05, 0) is 0 Å². The van der Waals surface area contributed by atoms with Gasteiger partial charge in [0.2, 0.25) is 0 Å². The Bertz CT molecular complexity index is 199. The molecule has 0 aliphatic heterocycles.